The van der Waals surface area contributed by atoms with Gasteiger partial charge in [0.25, 0.3) is 0 Å². The van der Waals surface area contributed by atoms with Crippen LogP contribution in [0.3, 0.4) is 0 Å². The molecular weight excluding hydrogens is 1200 g/mol. The molecule has 7 aromatic carbocycles. The van der Waals surface area contributed by atoms with Gasteiger partial charge in [0.1, 0.15) is 0 Å². The Morgan fingerprint density at radius 3 is 0.720 bits per heavy atom. The van der Waals surface area contributed by atoms with E-state index in [-0.39, 0.29) is 0 Å². The van der Waals surface area contributed by atoms with Gasteiger partial charge in [-0.1, -0.05) is 0 Å². The van der Waals surface area contributed by atoms with Gasteiger partial charge in [-0.25, -0.2) is 0 Å². The van der Waals surface area contributed by atoms with Crippen LogP contribution < -0.4 is 7.16 Å². The van der Waals surface area contributed by atoms with Gasteiger partial charge in [-0.05, 0) is 0 Å². The monoisotopic (exact) mass is 1310 g/mol. The summed E-state index contributed by atoms with van der Waals surface area (Å²) in [6.45, 7) is 58.0. The summed E-state index contributed by atoms with van der Waals surface area (Å²) >= 11 is -3.86. The molecule has 434 valence electrons. The minimum absolute atomic E-state index is 0.370. The molecule has 0 bridgehead atoms. The van der Waals surface area contributed by atoms with Gasteiger partial charge < -0.3 is 0 Å². The summed E-state index contributed by atoms with van der Waals surface area (Å²) in [5.74, 6) is 4.78. The van der Waals surface area contributed by atoms with Crippen LogP contribution in [0.25, 0.3) is 48.1 Å². The van der Waals surface area contributed by atoms with Gasteiger partial charge in [-0.15, -0.1) is 0 Å². The number of benzene rings is 7. The predicted octanol–water partition coefficient (Wildman–Crippen LogP) is 22.7. The van der Waals surface area contributed by atoms with Gasteiger partial charge in [0, 0.05) is 0 Å². The van der Waals surface area contributed by atoms with Crippen LogP contribution in [-0.4, -0.2) is 42.3 Å². The Balaban J connectivity index is 1.68. The van der Waals surface area contributed by atoms with Crippen LogP contribution in [0.4, 0.5) is 0 Å². The van der Waals surface area contributed by atoms with Crippen molar-refractivity contribution < 1.29 is 0 Å². The van der Waals surface area contributed by atoms with Crippen LogP contribution in [-0.2, 0) is 0 Å². The molecule has 0 fully saturated rings. The normalized spacial score (nSPS) is 12.7. The van der Waals surface area contributed by atoms with Crippen molar-refractivity contribution in [2.75, 3.05) is 0 Å². The molecule has 2 heteroatoms. The Kier molecular flexibility index (Phi) is 22.3. The summed E-state index contributed by atoms with van der Waals surface area (Å²) in [5, 5.41) is 0. The van der Waals surface area contributed by atoms with E-state index in [1.807, 2.05) is 0 Å². The second kappa shape index (κ2) is 27.9. The molecule has 0 atom stereocenters. The van der Waals surface area contributed by atoms with Crippen LogP contribution in [0.2, 0.25) is 0 Å². The molecule has 7 rings (SSSR count). The third-order valence-electron chi connectivity index (χ3n) is 17.7. The van der Waals surface area contributed by atoms with Crippen molar-refractivity contribution in [1.82, 2.24) is 0 Å². The fourth-order valence-electron chi connectivity index (χ4n) is 12.6. The molecule has 7 aromatic rings. The Morgan fingerprint density at radius 1 is 0.268 bits per heavy atom. The van der Waals surface area contributed by atoms with Crippen molar-refractivity contribution in [3.05, 3.63) is 192 Å². The molecule has 0 amide bonds. The Hall–Kier alpha value is -4.12. The third kappa shape index (κ3) is 14.2. The average Bonchev–Trinajstić information content (AvgIpc) is 2.32. The third-order valence-corrected chi connectivity index (χ3v) is 30.0. The Bertz CT molecular complexity index is 3060. The van der Waals surface area contributed by atoms with Gasteiger partial charge in [-0.3, -0.25) is 0 Å². The fourth-order valence-corrected chi connectivity index (χ4v) is 24.7. The molecule has 0 unspecified atom stereocenters. The van der Waals surface area contributed by atoms with Crippen LogP contribution in [0.1, 0.15) is 310 Å². The zero-order chi connectivity index (χ0) is 60.3. The second-order valence-electron chi connectivity index (χ2n) is 28.0. The molecule has 2 radical (unpaired) electrons. The minimum atomic E-state index is -1.98. The van der Waals surface area contributed by atoms with E-state index in [2.05, 4.69) is 286 Å². The standard InChI is InChI=1S/2C36H49.C8H6.2Sn.2H/c2*1-21(2)29-17-31(23(5)6)35(32(18-29)24(7)8)27-14-13-15-28(16-27)36-33(25(9)10)19-30(22(3)4)20-34(36)26(11)12;1-2-8-6-4-3-5-7-8;;;;/h2*13-15,17-26H,1-12H3;1,3-7H;;;;. The average molecular weight is 1310 g/mol. The zero-order valence-electron chi connectivity index (χ0n) is 55.6. The van der Waals surface area contributed by atoms with Crippen molar-refractivity contribution in [1.29, 1.82) is 0 Å². The molecule has 0 saturated heterocycles. The molecule has 0 aromatic heterocycles. The number of rotatable bonds is 21. The number of hydrogen-bond donors (Lipinski definition) is 0. The first-order chi connectivity index (χ1) is 38.6. The Morgan fingerprint density at radius 2 is 0.500 bits per heavy atom. The first-order valence-corrected chi connectivity index (χ1v) is 38.9. The number of hydrogen-bond acceptors (Lipinski definition) is 0. The molecule has 0 N–H and O–H groups in total. The van der Waals surface area contributed by atoms with Crippen LogP contribution in [0.5, 0.6) is 0 Å². The van der Waals surface area contributed by atoms with Gasteiger partial charge >= 0.3 is 526 Å². The zero-order valence-corrected chi connectivity index (χ0v) is 62.2. The molecule has 0 saturated carbocycles. The maximum absolute atomic E-state index is 2.96. The van der Waals surface area contributed by atoms with Gasteiger partial charge in [0.05, 0.1) is 0 Å². The van der Waals surface area contributed by atoms with E-state index in [1.54, 1.807) is 10.7 Å². The molecule has 0 aliphatic rings. The maximum atomic E-state index is 2.96. The van der Waals surface area contributed by atoms with Crippen molar-refractivity contribution in [3.63, 3.8) is 0 Å². The van der Waals surface area contributed by atoms with E-state index in [9.17, 15) is 0 Å². The SMILES string of the molecule is CC(C)c1cc(C(C)C)c(-c2cccc(-c3c(C(C)C)cc(C(C)C)cc3C(C)C)[c]2[SnH]/[CH]=[C](\[SnH][c]2c(-c3c(C(C)C)cc(C(C)C)cc3C(C)C)cccc2-c2c(C(C)C)cc(C(C)C)cc2C(C)C)c2ccccc2)c(C(C)C)c1. The second-order valence-corrected chi connectivity index (χ2v) is 35.8. The quantitative estimate of drug-likeness (QED) is 0.0629. The molecule has 82 heavy (non-hydrogen) atoms. The van der Waals surface area contributed by atoms with E-state index in [4.69, 9.17) is 0 Å². The molecular formula is C80H106Sn2. The first-order valence-electron chi connectivity index (χ1n) is 32.1. The van der Waals surface area contributed by atoms with Crippen molar-refractivity contribution in [2.45, 2.75) is 237 Å². The van der Waals surface area contributed by atoms with Crippen LogP contribution >= 0.6 is 0 Å². The molecule has 0 aliphatic heterocycles. The summed E-state index contributed by atoms with van der Waals surface area (Å²) in [4.78, 5) is 0. The van der Waals surface area contributed by atoms with E-state index < -0.39 is 42.3 Å². The molecule has 0 heterocycles. The van der Waals surface area contributed by atoms with E-state index in [0.29, 0.717) is 71.0 Å². The van der Waals surface area contributed by atoms with Gasteiger partial charge in [0.15, 0.2) is 0 Å². The molecule has 0 aliphatic carbocycles. The van der Waals surface area contributed by atoms with E-state index >= 15 is 0 Å². The van der Waals surface area contributed by atoms with Gasteiger partial charge in [0.2, 0.25) is 0 Å². The summed E-state index contributed by atoms with van der Waals surface area (Å²) in [6.07, 6.45) is 0. The van der Waals surface area contributed by atoms with Crippen molar-refractivity contribution >= 4 is 53.0 Å². The first kappa shape index (κ1) is 65.4. The molecule has 0 spiro atoms. The topological polar surface area (TPSA) is 0 Å². The summed E-state index contributed by atoms with van der Waals surface area (Å²) in [7, 11) is 0. The Labute approximate surface area is 522 Å². The summed E-state index contributed by atoms with van der Waals surface area (Å²) in [6, 6.07) is 47.6. The van der Waals surface area contributed by atoms with Gasteiger partial charge in [-0.2, -0.15) is 0 Å². The fraction of sp³-hybridized carbons (Fsp3) is 0.450. The van der Waals surface area contributed by atoms with Crippen LogP contribution in [0.15, 0.2) is 119 Å². The summed E-state index contributed by atoms with van der Waals surface area (Å²) < 4.78 is 7.89. The van der Waals surface area contributed by atoms with E-state index in [1.165, 1.54) is 117 Å². The summed E-state index contributed by atoms with van der Waals surface area (Å²) in [5.41, 5.74) is 31.1. The predicted molar refractivity (Wildman–Crippen MR) is 372 cm³/mol. The van der Waals surface area contributed by atoms with Crippen LogP contribution in [0, 0.1) is 0 Å². The van der Waals surface area contributed by atoms with Crippen molar-refractivity contribution in [3.8, 4) is 44.5 Å². The molecule has 0 nitrogen and oxygen atoms in total. The van der Waals surface area contributed by atoms with Crippen molar-refractivity contribution in [2.24, 2.45) is 0 Å². The van der Waals surface area contributed by atoms with E-state index in [0.717, 1.165) is 0 Å².